The summed E-state index contributed by atoms with van der Waals surface area (Å²) in [5.41, 5.74) is 1.77. The Bertz CT molecular complexity index is 777. The van der Waals surface area contributed by atoms with E-state index in [1.807, 2.05) is 24.3 Å². The van der Waals surface area contributed by atoms with Crippen molar-refractivity contribution in [1.29, 1.82) is 0 Å². The summed E-state index contributed by atoms with van der Waals surface area (Å²) in [5.74, 6) is 1.65. The van der Waals surface area contributed by atoms with Gasteiger partial charge in [-0.05, 0) is 30.7 Å². The first kappa shape index (κ1) is 15.3. The van der Waals surface area contributed by atoms with Gasteiger partial charge in [-0.25, -0.2) is 9.97 Å². The molecule has 120 valence electrons. The summed E-state index contributed by atoms with van der Waals surface area (Å²) in [6.07, 6.45) is 5.37. The molecule has 3 aromatic heterocycles. The Hall–Kier alpha value is -2.63. The van der Waals surface area contributed by atoms with Crippen LogP contribution in [0.1, 0.15) is 31.4 Å². The Kier molecular flexibility index (Phi) is 4.71. The molecule has 3 heterocycles. The summed E-state index contributed by atoms with van der Waals surface area (Å²) in [7, 11) is 0. The predicted molar refractivity (Wildman–Crippen MR) is 86.7 cm³/mol. The van der Waals surface area contributed by atoms with Gasteiger partial charge in [0, 0.05) is 25.6 Å². The maximum Gasteiger partial charge on any atom is 0.220 e. The third-order valence-corrected chi connectivity index (χ3v) is 3.65. The summed E-state index contributed by atoms with van der Waals surface area (Å²) in [4.78, 5) is 21.0. The smallest absolute Gasteiger partial charge is 0.220 e. The lowest BCUT2D eigenvalue weighted by Gasteiger charge is -2.07. The van der Waals surface area contributed by atoms with Crippen molar-refractivity contribution in [3.8, 4) is 0 Å². The zero-order valence-electron chi connectivity index (χ0n) is 13.2. The van der Waals surface area contributed by atoms with Gasteiger partial charge in [0.15, 0.2) is 5.65 Å². The van der Waals surface area contributed by atoms with Crippen LogP contribution >= 0.6 is 0 Å². The van der Waals surface area contributed by atoms with E-state index in [1.165, 1.54) is 0 Å². The van der Waals surface area contributed by atoms with E-state index in [2.05, 4.69) is 26.8 Å². The minimum absolute atomic E-state index is 0.00976. The minimum Gasteiger partial charge on any atom is -0.467 e. The molecule has 0 bridgehead atoms. The highest BCUT2D eigenvalue weighted by Crippen LogP contribution is 2.15. The van der Waals surface area contributed by atoms with Crippen molar-refractivity contribution in [2.45, 2.75) is 39.3 Å². The predicted octanol–water partition coefficient (Wildman–Crippen LogP) is 2.68. The Morgan fingerprint density at radius 2 is 2.26 bits per heavy atom. The lowest BCUT2D eigenvalue weighted by Crippen LogP contribution is -2.23. The fourth-order valence-electron chi connectivity index (χ4n) is 2.57. The number of nitrogens with one attached hydrogen (secondary N) is 1. The molecule has 0 spiro atoms. The van der Waals surface area contributed by atoms with Gasteiger partial charge >= 0.3 is 0 Å². The lowest BCUT2D eigenvalue weighted by atomic mass is 10.2. The maximum atomic E-state index is 12.0. The van der Waals surface area contributed by atoms with Crippen molar-refractivity contribution < 1.29 is 9.21 Å². The number of hydrogen-bond donors (Lipinski definition) is 1. The first-order valence-corrected chi connectivity index (χ1v) is 7.87. The molecule has 0 aliphatic rings. The van der Waals surface area contributed by atoms with E-state index in [0.29, 0.717) is 19.4 Å². The molecule has 0 aromatic carbocycles. The molecule has 0 atom stereocenters. The molecule has 3 rings (SSSR count). The number of imidazole rings is 1. The SMILES string of the molecule is CCCn1c(CCC(=O)NCc2ccco2)nc2cccnc21. The lowest BCUT2D eigenvalue weighted by molar-refractivity contribution is -0.121. The topological polar surface area (TPSA) is 73.0 Å². The molecular weight excluding hydrogens is 292 g/mol. The number of rotatable bonds is 7. The van der Waals surface area contributed by atoms with Crippen LogP contribution in [0.15, 0.2) is 41.1 Å². The normalized spacial score (nSPS) is 11.0. The van der Waals surface area contributed by atoms with Crippen LogP contribution in [-0.2, 0) is 24.3 Å². The van der Waals surface area contributed by atoms with Crippen molar-refractivity contribution in [2.75, 3.05) is 0 Å². The van der Waals surface area contributed by atoms with E-state index in [1.54, 1.807) is 12.5 Å². The van der Waals surface area contributed by atoms with Crippen molar-refractivity contribution in [3.05, 3.63) is 48.3 Å². The first-order valence-electron chi connectivity index (χ1n) is 7.87. The number of hydrogen-bond acceptors (Lipinski definition) is 4. The van der Waals surface area contributed by atoms with Crippen LogP contribution in [0.5, 0.6) is 0 Å². The second kappa shape index (κ2) is 7.09. The molecule has 0 saturated carbocycles. The molecule has 0 unspecified atom stereocenters. The van der Waals surface area contributed by atoms with Crippen LogP contribution in [0.3, 0.4) is 0 Å². The second-order valence-electron chi connectivity index (χ2n) is 5.38. The van der Waals surface area contributed by atoms with Crippen molar-refractivity contribution in [1.82, 2.24) is 19.9 Å². The molecule has 6 heteroatoms. The number of aryl methyl sites for hydroxylation is 2. The highest BCUT2D eigenvalue weighted by molar-refractivity contribution is 5.76. The monoisotopic (exact) mass is 312 g/mol. The fourth-order valence-corrected chi connectivity index (χ4v) is 2.57. The number of aromatic nitrogens is 3. The van der Waals surface area contributed by atoms with Gasteiger partial charge in [-0.2, -0.15) is 0 Å². The van der Waals surface area contributed by atoms with Crippen LogP contribution in [-0.4, -0.2) is 20.4 Å². The molecule has 3 aromatic rings. The molecule has 0 fully saturated rings. The van der Waals surface area contributed by atoms with Gasteiger partial charge in [0.25, 0.3) is 0 Å². The van der Waals surface area contributed by atoms with Crippen molar-refractivity contribution >= 4 is 17.1 Å². The number of carbonyl (C=O) groups is 1. The molecule has 1 N–H and O–H groups in total. The molecule has 6 nitrogen and oxygen atoms in total. The Labute approximate surface area is 134 Å². The quantitative estimate of drug-likeness (QED) is 0.728. The zero-order chi connectivity index (χ0) is 16.1. The van der Waals surface area contributed by atoms with E-state index in [4.69, 9.17) is 4.42 Å². The Morgan fingerprint density at radius 1 is 1.35 bits per heavy atom. The third-order valence-electron chi connectivity index (χ3n) is 3.65. The standard InChI is InChI=1S/C17H20N4O2/c1-2-10-21-15(20-14-6-3-9-18-17(14)21)7-8-16(22)19-12-13-5-4-11-23-13/h3-6,9,11H,2,7-8,10,12H2,1H3,(H,19,22). The Morgan fingerprint density at radius 3 is 3.04 bits per heavy atom. The van der Waals surface area contributed by atoms with Gasteiger partial charge in [0.05, 0.1) is 12.8 Å². The first-order chi connectivity index (χ1) is 11.3. The highest BCUT2D eigenvalue weighted by atomic mass is 16.3. The average Bonchev–Trinajstić information content (AvgIpc) is 3.20. The van der Waals surface area contributed by atoms with E-state index in [9.17, 15) is 4.79 Å². The van der Waals surface area contributed by atoms with Gasteiger partial charge in [-0.3, -0.25) is 4.79 Å². The molecular formula is C17H20N4O2. The fraction of sp³-hybridized carbons (Fsp3) is 0.353. The molecule has 0 aliphatic carbocycles. The van der Waals surface area contributed by atoms with E-state index >= 15 is 0 Å². The largest absolute Gasteiger partial charge is 0.467 e. The maximum absolute atomic E-state index is 12.0. The molecule has 0 saturated heterocycles. The molecule has 23 heavy (non-hydrogen) atoms. The van der Waals surface area contributed by atoms with Crippen LogP contribution in [0.25, 0.3) is 11.2 Å². The Balaban J connectivity index is 1.64. The number of nitrogens with zero attached hydrogens (tertiary/aromatic N) is 3. The highest BCUT2D eigenvalue weighted by Gasteiger charge is 2.12. The molecule has 1 amide bonds. The van der Waals surface area contributed by atoms with Gasteiger partial charge < -0.3 is 14.3 Å². The van der Waals surface area contributed by atoms with Crippen molar-refractivity contribution in [3.63, 3.8) is 0 Å². The van der Waals surface area contributed by atoms with E-state index < -0.39 is 0 Å². The van der Waals surface area contributed by atoms with Crippen LogP contribution in [0, 0.1) is 0 Å². The summed E-state index contributed by atoms with van der Waals surface area (Å²) >= 11 is 0. The number of pyridine rings is 1. The van der Waals surface area contributed by atoms with Gasteiger partial charge in [0.2, 0.25) is 5.91 Å². The second-order valence-corrected chi connectivity index (χ2v) is 5.38. The van der Waals surface area contributed by atoms with Crippen LogP contribution < -0.4 is 5.32 Å². The van der Waals surface area contributed by atoms with Gasteiger partial charge in [-0.1, -0.05) is 6.92 Å². The van der Waals surface area contributed by atoms with Crippen molar-refractivity contribution in [2.24, 2.45) is 0 Å². The van der Waals surface area contributed by atoms with Crippen LogP contribution in [0.2, 0.25) is 0 Å². The minimum atomic E-state index is -0.00976. The summed E-state index contributed by atoms with van der Waals surface area (Å²) in [6.45, 7) is 3.39. The van der Waals surface area contributed by atoms with Gasteiger partial charge in [-0.15, -0.1) is 0 Å². The number of furan rings is 1. The van der Waals surface area contributed by atoms with Gasteiger partial charge in [0.1, 0.15) is 17.1 Å². The number of amides is 1. The number of fused-ring (bicyclic) bond motifs is 1. The average molecular weight is 312 g/mol. The molecule has 0 radical (unpaired) electrons. The summed E-state index contributed by atoms with van der Waals surface area (Å²) in [5, 5.41) is 2.86. The zero-order valence-corrected chi connectivity index (χ0v) is 13.2. The van der Waals surface area contributed by atoms with Crippen LogP contribution in [0.4, 0.5) is 0 Å². The van der Waals surface area contributed by atoms with E-state index in [0.717, 1.165) is 35.7 Å². The molecule has 0 aliphatic heterocycles. The third kappa shape index (κ3) is 3.59. The van der Waals surface area contributed by atoms with E-state index in [-0.39, 0.29) is 5.91 Å². The summed E-state index contributed by atoms with van der Waals surface area (Å²) < 4.78 is 7.30. The number of carbonyl (C=O) groups excluding carboxylic acids is 1. The summed E-state index contributed by atoms with van der Waals surface area (Å²) in [6, 6.07) is 7.48.